The first-order chi connectivity index (χ1) is 17.1. The van der Waals surface area contributed by atoms with E-state index < -0.39 is 25.8 Å². The van der Waals surface area contributed by atoms with Crippen molar-refractivity contribution >= 4 is 19.5 Å². The van der Waals surface area contributed by atoms with Gasteiger partial charge in [-0.25, -0.2) is 13.8 Å². The number of benzene rings is 2. The number of ether oxygens (including phenoxy) is 1. The quantitative estimate of drug-likeness (QED) is 0.299. The number of carbonyl (C=O) groups excluding carboxylic acids is 1. The second kappa shape index (κ2) is 10.6. The highest BCUT2D eigenvalue weighted by atomic mass is 31.2. The Labute approximate surface area is 206 Å². The first-order valence-electron chi connectivity index (χ1n) is 11.0. The van der Waals surface area contributed by atoms with E-state index in [1.807, 2.05) is 24.3 Å². The second-order valence-corrected chi connectivity index (χ2v) is 9.88. The highest BCUT2D eigenvalue weighted by Gasteiger charge is 2.37. The number of nitrogens with zero attached hydrogens (tertiary/aromatic N) is 4. The number of nitrogens with one attached hydrogen (secondary N) is 2. The van der Waals surface area contributed by atoms with Crippen molar-refractivity contribution in [3.63, 3.8) is 0 Å². The molecule has 11 nitrogen and oxygen atoms in total. The zero-order valence-electron chi connectivity index (χ0n) is 19.5. The molecule has 13 heteroatoms. The number of hydrogen-bond acceptors (Lipinski definition) is 6. The molecule has 1 saturated heterocycles. The summed E-state index contributed by atoms with van der Waals surface area (Å²) in [6, 6.07) is 11.9. The first kappa shape index (κ1) is 25.5. The fourth-order valence-corrected chi connectivity index (χ4v) is 4.70. The number of hydrogen-bond donors (Lipinski definition) is 4. The summed E-state index contributed by atoms with van der Waals surface area (Å²) in [5.41, 5.74) is 3.31. The van der Waals surface area contributed by atoms with Gasteiger partial charge in [-0.15, -0.1) is 0 Å². The van der Waals surface area contributed by atoms with E-state index in [-0.39, 0.29) is 24.5 Å². The number of halogens is 1. The van der Waals surface area contributed by atoms with Gasteiger partial charge in [0.05, 0.1) is 30.7 Å². The van der Waals surface area contributed by atoms with Gasteiger partial charge < -0.3 is 19.8 Å². The molecule has 1 aliphatic heterocycles. The molecule has 1 fully saturated rings. The molecular weight excluding hydrogens is 490 g/mol. The molecule has 3 aromatic rings. The Balaban J connectivity index is 1.40. The number of cyclic esters (lactones) is 1. The van der Waals surface area contributed by atoms with Crippen molar-refractivity contribution in [1.82, 2.24) is 25.4 Å². The van der Waals surface area contributed by atoms with Gasteiger partial charge in [0.25, 0.3) is 0 Å². The summed E-state index contributed by atoms with van der Waals surface area (Å²) in [5, 5.41) is 13.5. The Bertz CT molecular complexity index is 1280. The normalized spacial score (nSPS) is 15.7. The Morgan fingerprint density at radius 1 is 1.31 bits per heavy atom. The zero-order valence-corrected chi connectivity index (χ0v) is 20.4. The molecular formula is C23H26FN6O5P. The summed E-state index contributed by atoms with van der Waals surface area (Å²) in [4.78, 5) is 32.6. The van der Waals surface area contributed by atoms with Crippen LogP contribution in [0.2, 0.25) is 0 Å². The number of H-pyrrole nitrogens is 1. The van der Waals surface area contributed by atoms with Gasteiger partial charge in [-0.3, -0.25) is 9.57 Å². The van der Waals surface area contributed by atoms with E-state index >= 15 is 4.39 Å². The lowest BCUT2D eigenvalue weighted by Gasteiger charge is -2.26. The van der Waals surface area contributed by atoms with Gasteiger partial charge in [-0.1, -0.05) is 30.8 Å². The minimum absolute atomic E-state index is 0.0113. The van der Waals surface area contributed by atoms with Gasteiger partial charge >= 0.3 is 13.8 Å². The lowest BCUT2D eigenvalue weighted by atomic mass is 10.0. The Morgan fingerprint density at radius 3 is 2.67 bits per heavy atom. The molecule has 4 rings (SSSR count). The van der Waals surface area contributed by atoms with Gasteiger partial charge in [0, 0.05) is 24.4 Å². The number of amides is 1. The number of allylic oxidation sites excluding steroid dienone is 1. The molecule has 1 aliphatic rings. The monoisotopic (exact) mass is 516 g/mol. The Kier molecular flexibility index (Phi) is 7.51. The molecule has 36 heavy (non-hydrogen) atoms. The van der Waals surface area contributed by atoms with Gasteiger partial charge in [0.2, 0.25) is 0 Å². The van der Waals surface area contributed by atoms with Crippen molar-refractivity contribution in [2.45, 2.75) is 26.1 Å². The molecule has 0 aliphatic carbocycles. The summed E-state index contributed by atoms with van der Waals surface area (Å²) >= 11 is 0. The highest BCUT2D eigenvalue weighted by Crippen LogP contribution is 2.43. The van der Waals surface area contributed by atoms with Gasteiger partial charge in [-0.05, 0) is 36.2 Å². The van der Waals surface area contributed by atoms with Crippen molar-refractivity contribution < 1.29 is 28.3 Å². The Morgan fingerprint density at radius 2 is 2.06 bits per heavy atom. The third-order valence-electron chi connectivity index (χ3n) is 5.64. The molecule has 0 unspecified atom stereocenters. The fourth-order valence-electron chi connectivity index (χ4n) is 3.86. The maximum Gasteiger partial charge on any atom is 0.429 e. The second-order valence-electron chi connectivity index (χ2n) is 8.37. The summed E-state index contributed by atoms with van der Waals surface area (Å²) in [6.45, 7) is 5.96. The third-order valence-corrected chi connectivity index (χ3v) is 6.77. The average molecular weight is 516 g/mol. The molecule has 4 N–H and O–H groups in total. The summed E-state index contributed by atoms with van der Waals surface area (Å²) in [7, 11) is -4.61. The van der Waals surface area contributed by atoms with Crippen molar-refractivity contribution in [3.8, 4) is 11.1 Å². The number of aromatic nitrogens is 3. The Hall–Kier alpha value is -3.57. The largest absolute Gasteiger partial charge is 0.442 e. The first-order valence-corrected chi connectivity index (χ1v) is 12.6. The van der Waals surface area contributed by atoms with E-state index in [4.69, 9.17) is 4.74 Å². The van der Waals surface area contributed by atoms with Crippen LogP contribution in [0.15, 0.2) is 60.9 Å². The predicted octanol–water partition coefficient (Wildman–Crippen LogP) is 3.15. The fraction of sp³-hybridized carbons (Fsp3) is 0.261. The molecule has 1 amide bonds. The molecule has 2 aromatic carbocycles. The molecule has 2 heterocycles. The van der Waals surface area contributed by atoms with Crippen molar-refractivity contribution in [2.75, 3.05) is 18.0 Å². The van der Waals surface area contributed by atoms with E-state index in [2.05, 4.69) is 27.3 Å². The zero-order chi connectivity index (χ0) is 25.9. The van der Waals surface area contributed by atoms with Crippen molar-refractivity contribution in [1.29, 1.82) is 0 Å². The molecule has 0 saturated carbocycles. The molecule has 1 aromatic heterocycles. The lowest BCUT2D eigenvalue weighted by Crippen LogP contribution is -2.32. The van der Waals surface area contributed by atoms with Crippen LogP contribution < -0.4 is 10.2 Å². The molecule has 0 radical (unpaired) electrons. The lowest BCUT2D eigenvalue weighted by molar-refractivity contribution is 0.127. The molecule has 0 bridgehead atoms. The summed E-state index contributed by atoms with van der Waals surface area (Å²) in [5.74, 6) is -0.514. The maximum absolute atomic E-state index is 15.0. The van der Waals surface area contributed by atoms with Gasteiger partial charge in [0.15, 0.2) is 0 Å². The van der Waals surface area contributed by atoms with Gasteiger partial charge in [-0.2, -0.15) is 15.4 Å². The minimum Gasteiger partial charge on any atom is -0.442 e. The number of rotatable bonds is 10. The van der Waals surface area contributed by atoms with Crippen LogP contribution in [-0.4, -0.2) is 55.2 Å². The highest BCUT2D eigenvalue weighted by molar-refractivity contribution is 7.49. The van der Waals surface area contributed by atoms with Crippen LogP contribution >= 0.6 is 7.75 Å². The van der Waals surface area contributed by atoms with Crippen LogP contribution in [0.3, 0.4) is 0 Å². The van der Waals surface area contributed by atoms with Crippen molar-refractivity contribution in [3.05, 3.63) is 78.0 Å². The van der Waals surface area contributed by atoms with Crippen LogP contribution in [0, 0.1) is 5.82 Å². The van der Waals surface area contributed by atoms with Crippen LogP contribution in [0.25, 0.3) is 11.1 Å². The topological polar surface area (TPSA) is 144 Å². The maximum atomic E-state index is 15.0. The predicted molar refractivity (Wildman–Crippen MR) is 130 cm³/mol. The standard InChI is InChI=1S/C23H26FN6O5P/c1-15(2)30(36(32,33)34)14-20-13-29(23(31)35-20)19-7-8-21(22(24)9-19)17-5-3-16(4-6-17)10-25-11-18-12-26-28-27-18/h3-9,12,20,25H,1,10-11,13-14H2,2H3,(H,26,27,28)(H2,32,33,34)/t20-/m1/s1. The summed E-state index contributed by atoms with van der Waals surface area (Å²) in [6.07, 6.45) is 0.0982. The number of aromatic amines is 1. The molecule has 190 valence electrons. The number of anilines is 1. The van der Waals surface area contributed by atoms with E-state index in [1.165, 1.54) is 17.9 Å². The van der Waals surface area contributed by atoms with Crippen LogP contribution in [-0.2, 0) is 22.4 Å². The van der Waals surface area contributed by atoms with E-state index in [1.54, 1.807) is 18.3 Å². The van der Waals surface area contributed by atoms with Crippen molar-refractivity contribution in [2.24, 2.45) is 0 Å². The average Bonchev–Trinajstić information content (AvgIpc) is 3.46. The van der Waals surface area contributed by atoms with Gasteiger partial charge in [0.1, 0.15) is 11.9 Å². The van der Waals surface area contributed by atoms with E-state index in [9.17, 15) is 19.1 Å². The molecule has 1 atom stereocenters. The van der Waals surface area contributed by atoms with Crippen LogP contribution in [0.4, 0.5) is 14.9 Å². The third kappa shape index (κ3) is 5.97. The SMILES string of the molecule is C=C(C)N(C[C@H]1CN(c2ccc(-c3ccc(CNCc4cn[nH]n4)cc3)c(F)c2)C(=O)O1)P(=O)(O)O. The van der Waals surface area contributed by atoms with Crippen LogP contribution in [0.5, 0.6) is 0 Å². The van der Waals surface area contributed by atoms with E-state index in [0.29, 0.717) is 24.2 Å². The minimum atomic E-state index is -4.61. The number of carbonyl (C=O) groups is 1. The smallest absolute Gasteiger partial charge is 0.429 e. The summed E-state index contributed by atoms with van der Waals surface area (Å²) < 4.78 is 32.7. The van der Waals surface area contributed by atoms with E-state index in [0.717, 1.165) is 15.9 Å². The van der Waals surface area contributed by atoms with Crippen LogP contribution in [0.1, 0.15) is 18.2 Å². The molecule has 0 spiro atoms.